The van der Waals surface area contributed by atoms with E-state index in [1.54, 1.807) is 0 Å². The number of nitrogens with zero attached hydrogens (tertiary/aromatic N) is 1. The quantitative estimate of drug-likeness (QED) is 0.131. The van der Waals surface area contributed by atoms with Gasteiger partial charge in [0.05, 0.1) is 5.69 Å². The summed E-state index contributed by atoms with van der Waals surface area (Å²) < 4.78 is 0. The van der Waals surface area contributed by atoms with Gasteiger partial charge in [0.15, 0.2) is 0 Å². The molecule has 0 aromatic heterocycles. The molecule has 332 valence electrons. The summed E-state index contributed by atoms with van der Waals surface area (Å²) in [6.45, 7) is 0. The summed E-state index contributed by atoms with van der Waals surface area (Å²) in [6.07, 6.45) is 0. The highest BCUT2D eigenvalue weighted by Crippen LogP contribution is 2.48. The normalized spacial score (nSPS) is 11.4. The number of benzene rings is 13. The Kier molecular flexibility index (Phi) is 10.6. The SMILES string of the molecule is c1ccc(-c2ccc3cc(N(c4ccc(-c5ccc(-c6cccc7ccccc67)cc5)cc4)c4ccccc4-c4ccc5c(c4)c(-c4ccccc4)c(-c4ccccc4)c4ccccc45)ccc3c2)cc1. The van der Waals surface area contributed by atoms with Gasteiger partial charge in [-0.1, -0.05) is 243 Å². The predicted molar refractivity (Wildman–Crippen MR) is 304 cm³/mol. The molecule has 0 saturated heterocycles. The maximum Gasteiger partial charge on any atom is 0.0540 e. The van der Waals surface area contributed by atoms with Gasteiger partial charge in [0.25, 0.3) is 0 Å². The highest BCUT2D eigenvalue weighted by molar-refractivity contribution is 6.22. The average Bonchev–Trinajstić information content (AvgIpc) is 3.45. The van der Waals surface area contributed by atoms with Gasteiger partial charge in [-0.3, -0.25) is 0 Å². The Morgan fingerprint density at radius 2 is 0.662 bits per heavy atom. The number of fused-ring (bicyclic) bond motifs is 5. The van der Waals surface area contributed by atoms with Crippen molar-refractivity contribution in [3.63, 3.8) is 0 Å². The summed E-state index contributed by atoms with van der Waals surface area (Å²) in [6, 6.07) is 104. The average molecular weight is 902 g/mol. The molecule has 0 unspecified atom stereocenters. The Balaban J connectivity index is 0.964. The van der Waals surface area contributed by atoms with Crippen molar-refractivity contribution >= 4 is 60.2 Å². The van der Waals surface area contributed by atoms with Gasteiger partial charge in [-0.25, -0.2) is 0 Å². The zero-order valence-electron chi connectivity index (χ0n) is 39.1. The van der Waals surface area contributed by atoms with Crippen LogP contribution >= 0.6 is 0 Å². The minimum absolute atomic E-state index is 1.08. The fourth-order valence-corrected chi connectivity index (χ4v) is 10.8. The second-order valence-electron chi connectivity index (χ2n) is 18.4. The molecule has 0 aliphatic rings. The summed E-state index contributed by atoms with van der Waals surface area (Å²) in [4.78, 5) is 2.44. The molecule has 13 rings (SSSR count). The molecule has 71 heavy (non-hydrogen) atoms. The van der Waals surface area contributed by atoms with E-state index in [4.69, 9.17) is 0 Å². The van der Waals surface area contributed by atoms with Crippen molar-refractivity contribution in [1.29, 1.82) is 0 Å². The number of para-hydroxylation sites is 1. The van der Waals surface area contributed by atoms with Gasteiger partial charge in [0.1, 0.15) is 0 Å². The van der Waals surface area contributed by atoms with Crippen LogP contribution < -0.4 is 4.90 Å². The van der Waals surface area contributed by atoms with Gasteiger partial charge in [-0.15, -0.1) is 0 Å². The van der Waals surface area contributed by atoms with Crippen LogP contribution in [0.4, 0.5) is 17.1 Å². The molecule has 0 radical (unpaired) electrons. The van der Waals surface area contributed by atoms with Crippen LogP contribution in [0.3, 0.4) is 0 Å². The van der Waals surface area contributed by atoms with E-state index < -0.39 is 0 Å². The molecule has 13 aromatic rings. The molecule has 0 saturated carbocycles. The van der Waals surface area contributed by atoms with Crippen molar-refractivity contribution in [2.75, 3.05) is 4.90 Å². The first-order valence-corrected chi connectivity index (χ1v) is 24.5. The molecular weight excluding hydrogens is 855 g/mol. The second-order valence-corrected chi connectivity index (χ2v) is 18.4. The molecule has 0 atom stereocenters. The summed E-state index contributed by atoms with van der Waals surface area (Å²) in [5.41, 5.74) is 17.7. The fraction of sp³-hybridized carbons (Fsp3) is 0. The van der Waals surface area contributed by atoms with Crippen molar-refractivity contribution in [2.45, 2.75) is 0 Å². The molecule has 0 spiro atoms. The van der Waals surface area contributed by atoms with Crippen molar-refractivity contribution in [3.8, 4) is 66.8 Å². The van der Waals surface area contributed by atoms with Crippen LogP contribution in [-0.4, -0.2) is 0 Å². The third-order valence-corrected chi connectivity index (χ3v) is 14.2. The van der Waals surface area contributed by atoms with E-state index in [-0.39, 0.29) is 0 Å². The minimum Gasteiger partial charge on any atom is -0.310 e. The lowest BCUT2D eigenvalue weighted by atomic mass is 9.84. The molecule has 0 N–H and O–H groups in total. The predicted octanol–water partition coefficient (Wildman–Crippen LogP) is 19.8. The molecule has 13 aromatic carbocycles. The van der Waals surface area contributed by atoms with E-state index in [9.17, 15) is 0 Å². The lowest BCUT2D eigenvalue weighted by molar-refractivity contribution is 1.29. The van der Waals surface area contributed by atoms with Gasteiger partial charge in [0, 0.05) is 16.9 Å². The van der Waals surface area contributed by atoms with E-state index >= 15 is 0 Å². The third-order valence-electron chi connectivity index (χ3n) is 14.2. The number of hydrogen-bond acceptors (Lipinski definition) is 1. The van der Waals surface area contributed by atoms with Crippen molar-refractivity contribution in [1.82, 2.24) is 0 Å². The van der Waals surface area contributed by atoms with E-state index in [0.29, 0.717) is 0 Å². The smallest absolute Gasteiger partial charge is 0.0540 e. The maximum atomic E-state index is 2.44. The lowest BCUT2D eigenvalue weighted by Gasteiger charge is -2.28. The van der Waals surface area contributed by atoms with E-state index in [0.717, 1.165) is 28.2 Å². The molecule has 0 bridgehead atoms. The molecule has 0 aliphatic heterocycles. The molecule has 1 heteroatoms. The van der Waals surface area contributed by atoms with Gasteiger partial charge >= 0.3 is 0 Å². The second kappa shape index (κ2) is 18.0. The molecule has 0 fully saturated rings. The third kappa shape index (κ3) is 7.71. The molecule has 0 heterocycles. The van der Waals surface area contributed by atoms with Crippen molar-refractivity contribution in [2.24, 2.45) is 0 Å². The van der Waals surface area contributed by atoms with Gasteiger partial charge in [-0.05, 0) is 147 Å². The number of rotatable bonds is 9. The first-order valence-electron chi connectivity index (χ1n) is 24.5. The number of anilines is 3. The monoisotopic (exact) mass is 901 g/mol. The van der Waals surface area contributed by atoms with Crippen LogP contribution in [0.2, 0.25) is 0 Å². The Labute approximate surface area is 414 Å². The number of hydrogen-bond donors (Lipinski definition) is 0. The molecule has 0 aliphatic carbocycles. The standard InChI is InChI=1S/C70H47N/c1-4-17-48(18-5-1)55-35-36-57-46-60(43-39-56(57)45-55)71(59-41-37-50(38-42-59)49-31-33-52(34-32-49)62-29-16-24-51-19-10-11-25-61(51)62)68-30-15-14-26-63(68)58-40-44-65-64-27-12-13-28-66(64)69(53-20-6-2-7-21-53)70(67(65)47-58)54-22-8-3-9-23-54/h1-47H. The summed E-state index contributed by atoms with van der Waals surface area (Å²) in [5.74, 6) is 0. The maximum absolute atomic E-state index is 2.44. The molecular formula is C70H47N. The summed E-state index contributed by atoms with van der Waals surface area (Å²) in [7, 11) is 0. The van der Waals surface area contributed by atoms with E-state index in [1.807, 2.05) is 0 Å². The zero-order chi connectivity index (χ0) is 47.1. The Bertz CT molecular complexity index is 4060. The largest absolute Gasteiger partial charge is 0.310 e. The van der Waals surface area contributed by atoms with Crippen LogP contribution in [0.5, 0.6) is 0 Å². The van der Waals surface area contributed by atoms with Crippen LogP contribution in [0, 0.1) is 0 Å². The zero-order valence-corrected chi connectivity index (χ0v) is 39.1. The van der Waals surface area contributed by atoms with E-state index in [1.165, 1.54) is 98.7 Å². The van der Waals surface area contributed by atoms with E-state index in [2.05, 4.69) is 290 Å². The summed E-state index contributed by atoms with van der Waals surface area (Å²) >= 11 is 0. The van der Waals surface area contributed by atoms with Gasteiger partial charge in [-0.2, -0.15) is 0 Å². The first kappa shape index (κ1) is 41.9. The Morgan fingerprint density at radius 1 is 0.197 bits per heavy atom. The van der Waals surface area contributed by atoms with Crippen LogP contribution in [-0.2, 0) is 0 Å². The van der Waals surface area contributed by atoms with Crippen molar-refractivity contribution < 1.29 is 0 Å². The lowest BCUT2D eigenvalue weighted by Crippen LogP contribution is -2.11. The molecule has 0 amide bonds. The minimum atomic E-state index is 1.08. The topological polar surface area (TPSA) is 3.24 Å². The van der Waals surface area contributed by atoms with Crippen LogP contribution in [0.1, 0.15) is 0 Å². The molecule has 1 nitrogen and oxygen atoms in total. The van der Waals surface area contributed by atoms with Crippen molar-refractivity contribution in [3.05, 3.63) is 285 Å². The van der Waals surface area contributed by atoms with Gasteiger partial charge < -0.3 is 4.90 Å². The fourth-order valence-electron chi connectivity index (χ4n) is 10.8. The van der Waals surface area contributed by atoms with Crippen LogP contribution in [0.25, 0.3) is 110 Å². The van der Waals surface area contributed by atoms with Crippen LogP contribution in [0.15, 0.2) is 285 Å². The summed E-state index contributed by atoms with van der Waals surface area (Å²) in [5, 5.41) is 9.87. The van der Waals surface area contributed by atoms with Gasteiger partial charge in [0.2, 0.25) is 0 Å². The Hall–Kier alpha value is -9.30. The highest BCUT2D eigenvalue weighted by Gasteiger charge is 2.22. The first-order chi connectivity index (χ1) is 35.2. The Morgan fingerprint density at radius 3 is 1.39 bits per heavy atom. The highest BCUT2D eigenvalue weighted by atomic mass is 15.1.